The van der Waals surface area contributed by atoms with Gasteiger partial charge in [-0.15, -0.1) is 0 Å². The van der Waals surface area contributed by atoms with E-state index in [0.717, 1.165) is 50.2 Å². The summed E-state index contributed by atoms with van der Waals surface area (Å²) in [7, 11) is 0. The van der Waals surface area contributed by atoms with Crippen molar-refractivity contribution < 1.29 is 23.7 Å². The van der Waals surface area contributed by atoms with Crippen LogP contribution in [-0.2, 0) is 46.1 Å². The molecule has 17 heteroatoms. The van der Waals surface area contributed by atoms with Crippen molar-refractivity contribution in [3.05, 3.63) is 212 Å². The molecular formula is C54H44Cl2N10O5. The lowest BCUT2D eigenvalue weighted by Gasteiger charge is -2.19. The van der Waals surface area contributed by atoms with Crippen LogP contribution in [0.2, 0.25) is 10.0 Å². The minimum atomic E-state index is -0.435. The summed E-state index contributed by atoms with van der Waals surface area (Å²) in [5, 5.41) is 25.7. The highest BCUT2D eigenvalue weighted by Gasteiger charge is 2.20. The monoisotopic (exact) mass is 982 g/mol. The van der Waals surface area contributed by atoms with Crippen molar-refractivity contribution in [3.8, 4) is 46.3 Å². The molecule has 0 aliphatic carbocycles. The van der Waals surface area contributed by atoms with E-state index in [9.17, 15) is 15.3 Å². The maximum absolute atomic E-state index is 13.5. The van der Waals surface area contributed by atoms with E-state index in [1.165, 1.54) is 31.1 Å². The molecule has 2 N–H and O–H groups in total. The fraction of sp³-hybridized carbons (Fsp3) is 0.167. The quantitative estimate of drug-likeness (QED) is 0.0730. The lowest BCUT2D eigenvalue weighted by atomic mass is 9.92. The van der Waals surface area contributed by atoms with Gasteiger partial charge in [0.05, 0.1) is 44.7 Å². The number of nitrogens with zero attached hydrogens (tertiary/aromatic N) is 8. The molecule has 4 aromatic heterocycles. The predicted molar refractivity (Wildman–Crippen MR) is 265 cm³/mol. The Balaban J connectivity index is 0.985. The van der Waals surface area contributed by atoms with Crippen LogP contribution in [0.5, 0.6) is 23.0 Å². The van der Waals surface area contributed by atoms with Crippen LogP contribution in [0, 0.1) is 36.5 Å². The number of carbonyl (C=O) groups is 1. The zero-order chi connectivity index (χ0) is 49.5. The molecule has 0 radical (unpaired) electrons. The standard InChI is InChI=1S/C54H44Cl2N10O5/c1-34-40(30-70-52-17-50(68-28-38-13-36(19-57)21-61-23-38)42(15-48(52)55)25-63-26-43-9-11-59-32-65-43)5-3-7-45(34)46-8-4-6-41(35(46)2)31-71-53-18-51(69-29-39-14-37(20-58)22-62-24-39)47(16-49(53)56)54(67)64-27-44-10-12-60-33-66-44/h3-18,21-24,32-33,63H,25-31H2,1-2H3,(H,64,67). The summed E-state index contributed by atoms with van der Waals surface area (Å²) in [6.45, 7) is 5.76. The van der Waals surface area contributed by atoms with E-state index in [-0.39, 0.29) is 49.3 Å². The second kappa shape index (κ2) is 23.7. The molecule has 0 unspecified atom stereocenters. The highest BCUT2D eigenvalue weighted by molar-refractivity contribution is 6.32. The zero-order valence-electron chi connectivity index (χ0n) is 38.5. The molecule has 0 saturated heterocycles. The Labute approximate surface area is 420 Å². The van der Waals surface area contributed by atoms with E-state index in [4.69, 9.17) is 42.1 Å². The molecule has 1 amide bonds. The summed E-state index contributed by atoms with van der Waals surface area (Å²) in [6, 6.07) is 30.0. The smallest absolute Gasteiger partial charge is 0.255 e. The molecule has 0 spiro atoms. The first-order valence-corrected chi connectivity index (χ1v) is 22.9. The first-order chi connectivity index (χ1) is 34.6. The number of pyridine rings is 2. The number of benzene rings is 4. The number of rotatable bonds is 20. The second-order valence-electron chi connectivity index (χ2n) is 16.1. The molecule has 8 aromatic rings. The highest BCUT2D eigenvalue weighted by Crippen LogP contribution is 2.37. The third kappa shape index (κ3) is 12.8. The number of carbonyl (C=O) groups excluding carboxylic acids is 1. The molecule has 0 aliphatic rings. The van der Waals surface area contributed by atoms with Gasteiger partial charge in [-0.05, 0) is 83.6 Å². The number of amides is 1. The molecule has 4 heterocycles. The van der Waals surface area contributed by atoms with Crippen LogP contribution in [0.25, 0.3) is 11.1 Å². The van der Waals surface area contributed by atoms with E-state index in [1.807, 2.05) is 43.3 Å². The van der Waals surface area contributed by atoms with Crippen LogP contribution in [0.15, 0.2) is 135 Å². The van der Waals surface area contributed by atoms with Crippen LogP contribution < -0.4 is 29.6 Å². The summed E-state index contributed by atoms with van der Waals surface area (Å²) >= 11 is 13.7. The average molecular weight is 984 g/mol. The fourth-order valence-corrected chi connectivity index (χ4v) is 7.95. The third-order valence-electron chi connectivity index (χ3n) is 11.3. The Hall–Kier alpha value is -8.47. The summed E-state index contributed by atoms with van der Waals surface area (Å²) in [6.07, 6.45) is 12.4. The second-order valence-corrected chi connectivity index (χ2v) is 16.9. The molecule has 8 rings (SSSR count). The van der Waals surface area contributed by atoms with Crippen LogP contribution in [0.1, 0.15) is 71.8 Å². The molecule has 71 heavy (non-hydrogen) atoms. The summed E-state index contributed by atoms with van der Waals surface area (Å²) in [5.41, 5.74) is 10.5. The van der Waals surface area contributed by atoms with Crippen molar-refractivity contribution in [1.82, 2.24) is 40.5 Å². The van der Waals surface area contributed by atoms with Gasteiger partial charge in [0.1, 0.15) is 74.2 Å². The van der Waals surface area contributed by atoms with Gasteiger partial charge in [-0.2, -0.15) is 10.5 Å². The van der Waals surface area contributed by atoms with Gasteiger partial charge in [0.25, 0.3) is 5.91 Å². The highest BCUT2D eigenvalue weighted by atomic mass is 35.5. The molecule has 15 nitrogen and oxygen atoms in total. The number of nitriles is 2. The largest absolute Gasteiger partial charge is 0.488 e. The van der Waals surface area contributed by atoms with Gasteiger partial charge in [0.15, 0.2) is 0 Å². The van der Waals surface area contributed by atoms with Gasteiger partial charge < -0.3 is 29.6 Å². The van der Waals surface area contributed by atoms with Crippen molar-refractivity contribution in [3.63, 3.8) is 0 Å². The summed E-state index contributed by atoms with van der Waals surface area (Å²) < 4.78 is 25.3. The molecule has 0 aliphatic heterocycles. The van der Waals surface area contributed by atoms with Gasteiger partial charge in [-0.25, -0.2) is 19.9 Å². The van der Waals surface area contributed by atoms with Crippen molar-refractivity contribution in [2.75, 3.05) is 0 Å². The SMILES string of the molecule is Cc1c(COc2cc(OCc3cncc(C#N)c3)c(CNCc3ccncn3)cc2Cl)cccc1-c1cccc(COc2cc(OCc3cncc(C#N)c3)c(C(=O)NCc3ccncn3)cc2Cl)c1C. The molecule has 0 saturated carbocycles. The van der Waals surface area contributed by atoms with Crippen molar-refractivity contribution in [2.45, 2.75) is 59.9 Å². The number of hydrogen-bond donors (Lipinski definition) is 2. The number of aromatic nitrogens is 6. The van der Waals surface area contributed by atoms with Crippen molar-refractivity contribution in [1.29, 1.82) is 10.5 Å². The normalized spacial score (nSPS) is 10.7. The number of hydrogen-bond acceptors (Lipinski definition) is 14. The lowest BCUT2D eigenvalue weighted by Crippen LogP contribution is -2.24. The van der Waals surface area contributed by atoms with Gasteiger partial charge in [0.2, 0.25) is 0 Å². The van der Waals surface area contributed by atoms with Crippen LogP contribution in [0.3, 0.4) is 0 Å². The Morgan fingerprint density at radius 1 is 0.563 bits per heavy atom. The topological polar surface area (TPSA) is 203 Å². The first-order valence-electron chi connectivity index (χ1n) is 22.2. The Kier molecular flexibility index (Phi) is 16.3. The van der Waals surface area contributed by atoms with Crippen LogP contribution >= 0.6 is 23.2 Å². The number of ether oxygens (including phenoxy) is 4. The van der Waals surface area contributed by atoms with Crippen molar-refractivity contribution >= 4 is 29.1 Å². The zero-order valence-corrected chi connectivity index (χ0v) is 40.0. The van der Waals surface area contributed by atoms with Crippen LogP contribution in [-0.4, -0.2) is 35.8 Å². The van der Waals surface area contributed by atoms with Gasteiger partial charge in [-0.3, -0.25) is 14.8 Å². The number of halogens is 2. The van der Waals surface area contributed by atoms with E-state index >= 15 is 0 Å². The van der Waals surface area contributed by atoms with Gasteiger partial charge in [0, 0.05) is 79.1 Å². The molecule has 354 valence electrons. The minimum Gasteiger partial charge on any atom is -0.488 e. The Morgan fingerprint density at radius 3 is 1.63 bits per heavy atom. The van der Waals surface area contributed by atoms with E-state index in [2.05, 4.69) is 71.7 Å². The third-order valence-corrected chi connectivity index (χ3v) is 11.9. The minimum absolute atomic E-state index is 0.0255. The Bertz CT molecular complexity index is 3260. The molecule has 0 atom stereocenters. The number of nitrogens with one attached hydrogen (secondary N) is 2. The van der Waals surface area contributed by atoms with Crippen LogP contribution in [0.4, 0.5) is 0 Å². The maximum atomic E-state index is 13.5. The lowest BCUT2D eigenvalue weighted by molar-refractivity contribution is 0.0945. The Morgan fingerprint density at radius 2 is 1.08 bits per heavy atom. The van der Waals surface area contributed by atoms with Gasteiger partial charge in [-0.1, -0.05) is 59.6 Å². The van der Waals surface area contributed by atoms with E-state index < -0.39 is 5.91 Å². The maximum Gasteiger partial charge on any atom is 0.255 e. The molecule has 4 aromatic carbocycles. The summed E-state index contributed by atoms with van der Waals surface area (Å²) in [5.74, 6) is 1.10. The predicted octanol–water partition coefficient (Wildman–Crippen LogP) is 9.93. The van der Waals surface area contributed by atoms with E-state index in [0.29, 0.717) is 57.7 Å². The van der Waals surface area contributed by atoms with Gasteiger partial charge >= 0.3 is 0 Å². The average Bonchev–Trinajstić information content (AvgIpc) is 3.40. The fourth-order valence-electron chi connectivity index (χ4n) is 7.49. The first kappa shape index (κ1) is 49.0. The summed E-state index contributed by atoms with van der Waals surface area (Å²) in [4.78, 5) is 38.2. The molecule has 0 fully saturated rings. The molecule has 0 bridgehead atoms. The van der Waals surface area contributed by atoms with E-state index in [1.54, 1.807) is 55.1 Å². The molecular weight excluding hydrogens is 940 g/mol. The van der Waals surface area contributed by atoms with Crippen molar-refractivity contribution in [2.24, 2.45) is 0 Å².